The van der Waals surface area contributed by atoms with E-state index in [0.717, 1.165) is 0 Å². The monoisotopic (exact) mass is 461 g/mol. The second-order valence-corrected chi connectivity index (χ2v) is 17.4. The van der Waals surface area contributed by atoms with Gasteiger partial charge in [0.05, 0.1) is 0 Å². The molecule has 0 unspecified atom stereocenters. The molecular weight excluding hydrogens is 455 g/mol. The van der Waals surface area contributed by atoms with Crippen molar-refractivity contribution in [3.8, 4) is 0 Å². The van der Waals surface area contributed by atoms with E-state index in [9.17, 15) is 0 Å². The smallest absolute Gasteiger partial charge is 0.166 e. The van der Waals surface area contributed by atoms with Crippen LogP contribution in [0.25, 0.3) is 0 Å². The van der Waals surface area contributed by atoms with Crippen molar-refractivity contribution in [2.24, 2.45) is 0 Å². The van der Waals surface area contributed by atoms with Gasteiger partial charge in [0, 0.05) is 12.1 Å². The van der Waals surface area contributed by atoms with E-state index in [4.69, 9.17) is 0 Å². The Morgan fingerprint density at radius 2 is 1.44 bits per heavy atom. The van der Waals surface area contributed by atoms with E-state index in [0.29, 0.717) is 13.3 Å². The molecule has 0 aliphatic carbocycles. The van der Waals surface area contributed by atoms with Crippen molar-refractivity contribution < 1.29 is 18.2 Å². The van der Waals surface area contributed by atoms with Crippen LogP contribution in [-0.4, -0.2) is 0 Å². The summed E-state index contributed by atoms with van der Waals surface area (Å²) in [5.74, 6) is 0. The molecule has 0 aliphatic heterocycles. The maximum atomic E-state index is 2.89. The number of aromatic amines is 1. The predicted octanol–water partition coefficient (Wildman–Crippen LogP) is -0.724. The number of rotatable bonds is 0. The van der Waals surface area contributed by atoms with Crippen LogP contribution in [0, 0.1) is 0 Å². The molecular formula is C5H6I3N. The fourth-order valence-corrected chi connectivity index (χ4v) is 0.342. The molecule has 0 saturated carbocycles. The van der Waals surface area contributed by atoms with E-state index in [1.807, 2.05) is 30.6 Å². The number of halogens is 3. The topological polar surface area (TPSA) is 14.1 Å². The fraction of sp³-hybridized carbons (Fsp3) is 0. The summed E-state index contributed by atoms with van der Waals surface area (Å²) >= 11 is 5.30. The van der Waals surface area contributed by atoms with E-state index in [-0.39, 0.29) is 0 Å². The number of aromatic nitrogens is 1. The molecule has 0 aliphatic rings. The minimum atomic E-state index is 0.530. The Labute approximate surface area is 84.6 Å². The van der Waals surface area contributed by atoms with Crippen LogP contribution in [0.1, 0.15) is 0 Å². The van der Waals surface area contributed by atoms with E-state index < -0.39 is 0 Å². The minimum absolute atomic E-state index is 0.530. The molecule has 1 heterocycles. The first-order chi connectivity index (χ1) is 4.41. The summed E-state index contributed by atoms with van der Waals surface area (Å²) in [5, 5.41) is 0. The molecule has 1 rings (SSSR count). The number of hydrogen-bond acceptors (Lipinski definition) is 0. The summed E-state index contributed by atoms with van der Waals surface area (Å²) < 4.78 is 0. The van der Waals surface area contributed by atoms with Crippen molar-refractivity contribution in [3.05, 3.63) is 30.6 Å². The molecule has 0 fully saturated rings. The van der Waals surface area contributed by atoms with Crippen molar-refractivity contribution in [2.45, 2.75) is 0 Å². The third-order valence-electron chi connectivity index (χ3n) is 0.607. The first-order valence-electron chi connectivity index (χ1n) is 2.20. The Morgan fingerprint density at radius 3 is 1.56 bits per heavy atom. The average Bonchev–Trinajstić information content (AvgIpc) is 1.93. The van der Waals surface area contributed by atoms with Crippen LogP contribution in [0.4, 0.5) is 0 Å². The Hall–Kier alpha value is 1.34. The first-order valence-corrected chi connectivity index (χ1v) is 14.8. The van der Waals surface area contributed by atoms with Gasteiger partial charge in [-0.25, -0.2) is 4.98 Å². The zero-order chi connectivity index (χ0) is 6.95. The average molecular weight is 461 g/mol. The molecule has 52 valence electrons. The van der Waals surface area contributed by atoms with Gasteiger partial charge in [-0.1, -0.05) is 6.07 Å². The number of nitrogens with one attached hydrogen (secondary N) is 1. The van der Waals surface area contributed by atoms with E-state index in [1.54, 1.807) is 0 Å². The largest absolute Gasteiger partial charge is 0.218 e. The molecule has 1 nitrogen and oxygen atoms in total. The SMILES string of the molecule is I[I-]I.c1cc[nH+]cc1. The van der Waals surface area contributed by atoms with Crippen LogP contribution in [0.3, 0.4) is 0 Å². The number of H-pyrrole nitrogens is 1. The van der Waals surface area contributed by atoms with Crippen molar-refractivity contribution in [1.29, 1.82) is 0 Å². The maximum absolute atomic E-state index is 2.89. The van der Waals surface area contributed by atoms with Crippen LogP contribution in [0.15, 0.2) is 30.6 Å². The summed E-state index contributed by atoms with van der Waals surface area (Å²) in [7, 11) is 0. The summed E-state index contributed by atoms with van der Waals surface area (Å²) in [4.78, 5) is 2.89. The van der Waals surface area contributed by atoms with Gasteiger partial charge < -0.3 is 0 Å². The molecule has 1 N–H and O–H groups in total. The Morgan fingerprint density at radius 1 is 1.00 bits per heavy atom. The van der Waals surface area contributed by atoms with E-state index in [2.05, 4.69) is 42.2 Å². The zero-order valence-corrected chi connectivity index (χ0v) is 11.0. The van der Waals surface area contributed by atoms with Gasteiger partial charge in [-0.3, -0.25) is 0 Å². The van der Waals surface area contributed by atoms with Crippen LogP contribution < -0.4 is 18.2 Å². The molecule has 1 aromatic heterocycles. The molecule has 0 aromatic carbocycles. The predicted molar refractivity (Wildman–Crippen MR) is 51.0 cm³/mol. The van der Waals surface area contributed by atoms with Gasteiger partial charge in [0.2, 0.25) is 0 Å². The third-order valence-corrected chi connectivity index (χ3v) is 0.607. The van der Waals surface area contributed by atoms with Crippen LogP contribution in [0.2, 0.25) is 0 Å². The van der Waals surface area contributed by atoms with Crippen molar-refractivity contribution in [2.75, 3.05) is 0 Å². The Bertz CT molecular complexity index is 95.1. The van der Waals surface area contributed by atoms with E-state index in [1.165, 1.54) is 0 Å². The summed E-state index contributed by atoms with van der Waals surface area (Å²) in [5.41, 5.74) is 0. The summed E-state index contributed by atoms with van der Waals surface area (Å²) in [6, 6.07) is 5.86. The van der Waals surface area contributed by atoms with Gasteiger partial charge in [0.1, 0.15) is 0 Å². The van der Waals surface area contributed by atoms with Gasteiger partial charge in [-0.05, 0) is 0 Å². The Balaban J connectivity index is 0.000000187. The summed E-state index contributed by atoms with van der Waals surface area (Å²) in [6.07, 6.45) is 3.75. The standard InChI is InChI=1S/C5H5N.I3/c1-2-4-6-5-3-1;1-3-2/h1-5H;/q;-1/p+1. The fourth-order valence-electron chi connectivity index (χ4n) is 0.342. The number of hydrogen-bond donors (Lipinski definition) is 0. The minimum Gasteiger partial charge on any atom is -0.218 e. The van der Waals surface area contributed by atoms with Gasteiger partial charge in [-0.2, -0.15) is 0 Å². The maximum Gasteiger partial charge on any atom is 0.166 e. The third kappa shape index (κ3) is 9.34. The molecule has 4 heteroatoms. The summed E-state index contributed by atoms with van der Waals surface area (Å²) in [6.45, 7) is 0. The molecule has 9 heavy (non-hydrogen) atoms. The second kappa shape index (κ2) is 9.34. The van der Waals surface area contributed by atoms with Gasteiger partial charge in [-0.15, -0.1) is 0 Å². The van der Waals surface area contributed by atoms with Crippen LogP contribution in [-0.2, 0) is 0 Å². The molecule has 0 radical (unpaired) electrons. The van der Waals surface area contributed by atoms with Crippen LogP contribution in [0.5, 0.6) is 0 Å². The van der Waals surface area contributed by atoms with Crippen molar-refractivity contribution >= 4 is 37.2 Å². The number of pyridine rings is 1. The first kappa shape index (κ1) is 10.3. The normalized spacial score (nSPS) is 7.78. The molecule has 0 bridgehead atoms. The van der Waals surface area contributed by atoms with Gasteiger partial charge in [0.15, 0.2) is 12.4 Å². The molecule has 1 aromatic rings. The Kier molecular flexibility index (Phi) is 10.7. The van der Waals surface area contributed by atoms with Crippen molar-refractivity contribution in [1.82, 2.24) is 0 Å². The van der Waals surface area contributed by atoms with Gasteiger partial charge >= 0.3 is 50.5 Å². The van der Waals surface area contributed by atoms with Crippen LogP contribution >= 0.6 is 37.2 Å². The van der Waals surface area contributed by atoms with Crippen molar-refractivity contribution in [3.63, 3.8) is 0 Å². The zero-order valence-electron chi connectivity index (χ0n) is 4.52. The molecule has 0 amide bonds. The van der Waals surface area contributed by atoms with Gasteiger partial charge in [0.25, 0.3) is 0 Å². The second-order valence-electron chi connectivity index (χ2n) is 1.13. The molecule has 0 atom stereocenters. The van der Waals surface area contributed by atoms with E-state index >= 15 is 0 Å². The quantitative estimate of drug-likeness (QED) is 0.454. The molecule has 0 spiro atoms. The molecule has 0 saturated heterocycles.